The van der Waals surface area contributed by atoms with Crippen LogP contribution in [0.2, 0.25) is 0 Å². The smallest absolute Gasteiger partial charge is 0.224 e. The van der Waals surface area contributed by atoms with Crippen molar-refractivity contribution in [3.8, 4) is 0 Å². The zero-order valence-corrected chi connectivity index (χ0v) is 20.9. The molecule has 1 aromatic rings. The van der Waals surface area contributed by atoms with Crippen molar-refractivity contribution in [3.63, 3.8) is 0 Å². The van der Waals surface area contributed by atoms with E-state index in [1.165, 1.54) is 94.2 Å². The molecule has 0 spiro atoms. The number of carbonyl (C=O) groups is 1. The molecule has 0 unspecified atom stereocenters. The lowest BCUT2D eigenvalue weighted by Gasteiger charge is -2.11. The first kappa shape index (κ1) is 27.0. The molecule has 170 valence electrons. The van der Waals surface area contributed by atoms with Gasteiger partial charge in [-0.15, -0.1) is 23.5 Å². The first-order chi connectivity index (χ1) is 14.7. The van der Waals surface area contributed by atoms with Gasteiger partial charge < -0.3 is 5.32 Å². The van der Waals surface area contributed by atoms with E-state index in [9.17, 15) is 4.79 Å². The summed E-state index contributed by atoms with van der Waals surface area (Å²) in [5, 5.41) is 4.67. The minimum Gasteiger partial charge on any atom is -0.322 e. The Labute approximate surface area is 192 Å². The lowest BCUT2D eigenvalue weighted by atomic mass is 10.1. The van der Waals surface area contributed by atoms with Gasteiger partial charge in [-0.1, -0.05) is 70.4 Å². The molecule has 0 saturated heterocycles. The van der Waals surface area contributed by atoms with E-state index < -0.39 is 0 Å². The number of nitrogens with one attached hydrogen (secondary N) is 1. The van der Waals surface area contributed by atoms with Gasteiger partial charge in [-0.25, -0.2) is 9.97 Å². The van der Waals surface area contributed by atoms with Crippen LogP contribution in [-0.4, -0.2) is 28.4 Å². The van der Waals surface area contributed by atoms with Gasteiger partial charge in [0.05, 0.1) is 0 Å². The van der Waals surface area contributed by atoms with E-state index in [2.05, 4.69) is 34.4 Å². The summed E-state index contributed by atoms with van der Waals surface area (Å²) < 4.78 is 0. The van der Waals surface area contributed by atoms with Crippen LogP contribution in [0.1, 0.15) is 96.8 Å². The Bertz CT molecular complexity index is 586. The van der Waals surface area contributed by atoms with Crippen LogP contribution in [0.3, 0.4) is 0 Å². The highest BCUT2D eigenvalue weighted by Crippen LogP contribution is 2.30. The van der Waals surface area contributed by atoms with E-state index in [1.807, 2.05) is 12.5 Å². The first-order valence-electron chi connectivity index (χ1n) is 11.6. The minimum atomic E-state index is 0.0630. The van der Waals surface area contributed by atoms with E-state index in [1.54, 1.807) is 6.33 Å². The van der Waals surface area contributed by atoms with Crippen LogP contribution in [0, 0.1) is 0 Å². The average Bonchev–Trinajstić information content (AvgIpc) is 2.76. The number of unbranched alkanes of at least 4 members (excludes halogenated alkanes) is 11. The van der Waals surface area contributed by atoms with Gasteiger partial charge in [0.15, 0.2) is 0 Å². The summed E-state index contributed by atoms with van der Waals surface area (Å²) in [6.07, 6.45) is 27.2. The minimum absolute atomic E-state index is 0.0630. The molecule has 0 aliphatic heterocycles. The van der Waals surface area contributed by atoms with Crippen molar-refractivity contribution >= 4 is 35.1 Å². The standard InChI is InChI=1S/C24H41N3OS2/c1-4-5-6-7-8-9-10-11-12-13-14-15-16-17-18-19-21(28)27-22-23(29-2)25-20-26-24(22)30-3/h11-12,20H,4-10,13-19H2,1-3H3,(H,27,28). The molecule has 1 heterocycles. The second kappa shape index (κ2) is 18.7. The monoisotopic (exact) mass is 451 g/mol. The van der Waals surface area contributed by atoms with E-state index in [0.29, 0.717) is 6.42 Å². The van der Waals surface area contributed by atoms with Crippen LogP contribution in [0.4, 0.5) is 5.69 Å². The molecule has 1 amide bonds. The highest BCUT2D eigenvalue weighted by atomic mass is 32.2. The summed E-state index contributed by atoms with van der Waals surface area (Å²) in [5.41, 5.74) is 0.759. The maximum atomic E-state index is 12.3. The fourth-order valence-corrected chi connectivity index (χ4v) is 4.40. The maximum absolute atomic E-state index is 12.3. The zero-order chi connectivity index (χ0) is 21.9. The molecule has 1 aromatic heterocycles. The molecule has 1 rings (SSSR count). The van der Waals surface area contributed by atoms with Crippen molar-refractivity contribution < 1.29 is 4.79 Å². The van der Waals surface area contributed by atoms with Gasteiger partial charge in [0.2, 0.25) is 5.91 Å². The molecule has 0 atom stereocenters. The molecule has 0 aliphatic carbocycles. The van der Waals surface area contributed by atoms with Crippen molar-refractivity contribution in [1.82, 2.24) is 9.97 Å². The molecule has 0 aromatic carbocycles. The largest absolute Gasteiger partial charge is 0.322 e. The second-order valence-electron chi connectivity index (χ2n) is 7.65. The van der Waals surface area contributed by atoms with Crippen LogP contribution in [0.5, 0.6) is 0 Å². The van der Waals surface area contributed by atoms with Crippen molar-refractivity contribution in [2.45, 2.75) is 107 Å². The number of hydrogen-bond acceptors (Lipinski definition) is 5. The Morgan fingerprint density at radius 1 is 0.833 bits per heavy atom. The Balaban J connectivity index is 2.03. The highest BCUT2D eigenvalue weighted by Gasteiger charge is 2.13. The van der Waals surface area contributed by atoms with Crippen molar-refractivity contribution in [2.24, 2.45) is 0 Å². The third kappa shape index (κ3) is 12.6. The van der Waals surface area contributed by atoms with Crippen molar-refractivity contribution in [1.29, 1.82) is 0 Å². The fraction of sp³-hybridized carbons (Fsp3) is 0.708. The summed E-state index contributed by atoms with van der Waals surface area (Å²) >= 11 is 3.06. The van der Waals surface area contributed by atoms with Gasteiger partial charge in [-0.05, 0) is 44.6 Å². The third-order valence-electron chi connectivity index (χ3n) is 5.09. The normalized spacial score (nSPS) is 11.3. The van der Waals surface area contributed by atoms with Crippen molar-refractivity contribution in [3.05, 3.63) is 18.5 Å². The summed E-state index contributed by atoms with van der Waals surface area (Å²) in [5.74, 6) is 0.0630. The Kier molecular flexibility index (Phi) is 16.9. The number of allylic oxidation sites excluding steroid dienone is 2. The summed E-state index contributed by atoms with van der Waals surface area (Å²) in [6.45, 7) is 2.27. The Morgan fingerprint density at radius 2 is 1.33 bits per heavy atom. The van der Waals surface area contributed by atoms with Crippen LogP contribution >= 0.6 is 23.5 Å². The Morgan fingerprint density at radius 3 is 1.87 bits per heavy atom. The molecule has 6 heteroatoms. The van der Waals surface area contributed by atoms with Crippen LogP contribution in [0.25, 0.3) is 0 Å². The number of aromatic nitrogens is 2. The molecule has 1 N–H and O–H groups in total. The lowest BCUT2D eigenvalue weighted by Crippen LogP contribution is -2.13. The first-order valence-corrected chi connectivity index (χ1v) is 14.1. The molecule has 4 nitrogen and oxygen atoms in total. The lowest BCUT2D eigenvalue weighted by molar-refractivity contribution is -0.116. The molecule has 0 aliphatic rings. The SMILES string of the molecule is CCCCCCCCC=CCCCCCCCC(=O)Nc1c(SC)ncnc1SC. The number of thioether (sulfide) groups is 2. The maximum Gasteiger partial charge on any atom is 0.224 e. The molecule has 0 saturated carbocycles. The second-order valence-corrected chi connectivity index (χ2v) is 9.24. The van der Waals surface area contributed by atoms with Gasteiger partial charge in [0.1, 0.15) is 22.1 Å². The number of nitrogens with zero attached hydrogens (tertiary/aromatic N) is 2. The van der Waals surface area contributed by atoms with Gasteiger partial charge in [0.25, 0.3) is 0 Å². The van der Waals surface area contributed by atoms with E-state index in [4.69, 9.17) is 0 Å². The molecule has 30 heavy (non-hydrogen) atoms. The number of carbonyl (C=O) groups excluding carboxylic acids is 1. The van der Waals surface area contributed by atoms with E-state index in [-0.39, 0.29) is 5.91 Å². The predicted molar refractivity (Wildman–Crippen MR) is 134 cm³/mol. The number of rotatable bonds is 18. The number of amides is 1. The quantitative estimate of drug-likeness (QED) is 0.106. The molecule has 0 fully saturated rings. The topological polar surface area (TPSA) is 54.9 Å². The van der Waals surface area contributed by atoms with Crippen LogP contribution in [0.15, 0.2) is 28.5 Å². The summed E-state index contributed by atoms with van der Waals surface area (Å²) in [4.78, 5) is 20.8. The highest BCUT2D eigenvalue weighted by molar-refractivity contribution is 7.99. The average molecular weight is 452 g/mol. The summed E-state index contributed by atoms with van der Waals surface area (Å²) in [6, 6.07) is 0. The third-order valence-corrected chi connectivity index (χ3v) is 6.49. The number of hydrogen-bond donors (Lipinski definition) is 1. The van der Waals surface area contributed by atoms with Gasteiger partial charge in [0, 0.05) is 6.42 Å². The molecule has 0 radical (unpaired) electrons. The van der Waals surface area contributed by atoms with Gasteiger partial charge in [-0.2, -0.15) is 0 Å². The Hall–Kier alpha value is -1.01. The van der Waals surface area contributed by atoms with Crippen LogP contribution < -0.4 is 5.32 Å². The van der Waals surface area contributed by atoms with Crippen LogP contribution in [-0.2, 0) is 4.79 Å². The van der Waals surface area contributed by atoms with Crippen molar-refractivity contribution in [2.75, 3.05) is 17.8 Å². The van der Waals surface area contributed by atoms with E-state index >= 15 is 0 Å². The fourth-order valence-electron chi connectivity index (χ4n) is 3.33. The predicted octanol–water partition coefficient (Wildman–Crippen LogP) is 7.90. The molecule has 0 bridgehead atoms. The zero-order valence-electron chi connectivity index (χ0n) is 19.3. The van der Waals surface area contributed by atoms with E-state index in [0.717, 1.165) is 28.6 Å². The number of anilines is 1. The van der Waals surface area contributed by atoms with Gasteiger partial charge in [-0.3, -0.25) is 4.79 Å². The molecular formula is C24H41N3OS2. The molecular weight excluding hydrogens is 410 g/mol. The summed E-state index contributed by atoms with van der Waals surface area (Å²) in [7, 11) is 0. The van der Waals surface area contributed by atoms with Gasteiger partial charge >= 0.3 is 0 Å².